The molecule has 0 saturated carbocycles. The summed E-state index contributed by atoms with van der Waals surface area (Å²) < 4.78 is 28.7. The van der Waals surface area contributed by atoms with Gasteiger partial charge in [-0.3, -0.25) is 9.35 Å². The molecule has 0 aromatic heterocycles. The van der Waals surface area contributed by atoms with Crippen molar-refractivity contribution in [3.63, 3.8) is 0 Å². The van der Waals surface area contributed by atoms with E-state index in [1.807, 2.05) is 0 Å². The van der Waals surface area contributed by atoms with Crippen LogP contribution >= 0.6 is 0 Å². The van der Waals surface area contributed by atoms with E-state index >= 15 is 0 Å². The number of carbonyl (C=O) groups is 1. The first kappa shape index (κ1) is 16.4. The van der Waals surface area contributed by atoms with Crippen LogP contribution in [0.1, 0.15) is 21.2 Å². The monoisotopic (exact) mass is 232 g/mol. The van der Waals surface area contributed by atoms with Crippen LogP contribution in [0.5, 0.6) is 0 Å². The molecule has 0 aliphatic rings. The second-order valence-corrected chi connectivity index (χ2v) is 4.17. The fraction of sp³-hybridized carbons (Fsp3) is 0.571. The summed E-state index contributed by atoms with van der Waals surface area (Å²) >= 11 is 0. The molecule has 6 heteroatoms. The molecule has 0 aliphatic heterocycles. The van der Waals surface area contributed by atoms with E-state index in [0.29, 0.717) is 5.57 Å². The van der Waals surface area contributed by atoms with Gasteiger partial charge in [0.25, 0.3) is 10.1 Å². The summed E-state index contributed by atoms with van der Waals surface area (Å²) in [6.07, 6.45) is 0.264. The first-order valence-corrected chi connectivity index (χ1v) is 5.07. The van der Waals surface area contributed by atoms with Gasteiger partial charge in [0.15, 0.2) is 5.78 Å². The van der Waals surface area contributed by atoms with Gasteiger partial charge in [-0.15, -0.1) is 0 Å². The van der Waals surface area contributed by atoms with Crippen LogP contribution in [-0.4, -0.2) is 24.5 Å². The molecule has 0 saturated heterocycles. The molecule has 0 rings (SSSR count). The van der Waals surface area contributed by atoms with Gasteiger partial charge in [0.2, 0.25) is 0 Å². The van der Waals surface area contributed by atoms with Crippen LogP contribution in [0.2, 0.25) is 0 Å². The second-order valence-electron chi connectivity index (χ2n) is 2.59. The van der Waals surface area contributed by atoms with Crippen LogP contribution in [0.4, 0.5) is 0 Å². The maximum atomic E-state index is 10.9. The Morgan fingerprint density at radius 2 is 2.00 bits per heavy atom. The van der Waals surface area contributed by atoms with Gasteiger partial charge >= 0.3 is 51.4 Å². The molecule has 4 nitrogen and oxygen atoms in total. The van der Waals surface area contributed by atoms with E-state index in [4.69, 9.17) is 4.55 Å². The predicted octanol–water partition coefficient (Wildman–Crippen LogP) is -2.08. The van der Waals surface area contributed by atoms with Crippen LogP contribution in [0.25, 0.3) is 0 Å². The standard InChI is InChI=1S/C7H12O4S.K.H/c1-6(2)7(8)4-3-5-12(9,10)11;;/h1,3-5H2,2H3,(H,9,10,11);;/q;+1;-1. The summed E-state index contributed by atoms with van der Waals surface area (Å²) in [5, 5.41) is 0. The molecule has 0 unspecified atom stereocenters. The zero-order chi connectivity index (χ0) is 9.78. The molecule has 0 bridgehead atoms. The van der Waals surface area contributed by atoms with E-state index in [0.717, 1.165) is 0 Å². The van der Waals surface area contributed by atoms with Crippen molar-refractivity contribution in [2.45, 2.75) is 19.8 Å². The quantitative estimate of drug-likeness (QED) is 0.335. The van der Waals surface area contributed by atoms with Crippen molar-refractivity contribution in [3.05, 3.63) is 12.2 Å². The Morgan fingerprint density at radius 3 is 2.31 bits per heavy atom. The van der Waals surface area contributed by atoms with Gasteiger partial charge in [-0.2, -0.15) is 8.42 Å². The molecule has 0 aromatic rings. The van der Waals surface area contributed by atoms with Crippen molar-refractivity contribution in [2.24, 2.45) is 0 Å². The van der Waals surface area contributed by atoms with Crippen LogP contribution in [0, 0.1) is 0 Å². The molecule has 0 radical (unpaired) electrons. The Morgan fingerprint density at radius 1 is 1.54 bits per heavy atom. The van der Waals surface area contributed by atoms with Crippen LogP contribution < -0.4 is 51.4 Å². The van der Waals surface area contributed by atoms with Crippen molar-refractivity contribution < 1.29 is 70.6 Å². The van der Waals surface area contributed by atoms with E-state index in [2.05, 4.69) is 6.58 Å². The molecule has 0 amide bonds. The van der Waals surface area contributed by atoms with Gasteiger partial charge < -0.3 is 1.43 Å². The van der Waals surface area contributed by atoms with Crippen LogP contribution in [0.15, 0.2) is 12.2 Å². The number of Topliss-reactive ketones (excluding diaryl/α,β-unsaturated/α-hetero) is 1. The summed E-state index contributed by atoms with van der Waals surface area (Å²) in [7, 11) is -3.93. The largest absolute Gasteiger partial charge is 1.00 e. The third kappa shape index (κ3) is 10.9. The maximum Gasteiger partial charge on any atom is 1.00 e. The smallest absolute Gasteiger partial charge is 1.00 e. The molecule has 0 fully saturated rings. The van der Waals surface area contributed by atoms with E-state index < -0.39 is 10.1 Å². The van der Waals surface area contributed by atoms with E-state index in [-0.39, 0.29) is 77.2 Å². The summed E-state index contributed by atoms with van der Waals surface area (Å²) in [5.74, 6) is -0.537. The van der Waals surface area contributed by atoms with Crippen molar-refractivity contribution in [1.82, 2.24) is 0 Å². The first-order chi connectivity index (χ1) is 5.33. The number of hydrogen-bond acceptors (Lipinski definition) is 3. The number of allylic oxidation sites excluding steroid dienone is 1. The Balaban J connectivity index is -0.000000605. The average molecular weight is 232 g/mol. The van der Waals surface area contributed by atoms with Crippen LogP contribution in [-0.2, 0) is 14.9 Å². The normalized spacial score (nSPS) is 10.3. The van der Waals surface area contributed by atoms with Gasteiger partial charge in [-0.1, -0.05) is 6.58 Å². The minimum atomic E-state index is -3.93. The molecule has 0 atom stereocenters. The molecule has 1 N–H and O–H groups in total. The van der Waals surface area contributed by atoms with Gasteiger partial charge in [0, 0.05) is 6.42 Å². The third-order valence-electron chi connectivity index (χ3n) is 1.28. The van der Waals surface area contributed by atoms with Crippen molar-refractivity contribution in [1.29, 1.82) is 0 Å². The van der Waals surface area contributed by atoms with Gasteiger partial charge in [0.1, 0.15) is 0 Å². The Bertz CT molecular complexity index is 286. The zero-order valence-corrected chi connectivity index (χ0v) is 11.8. The molecular weight excluding hydrogens is 219 g/mol. The minimum Gasteiger partial charge on any atom is -1.00 e. The fourth-order valence-electron chi connectivity index (χ4n) is 0.629. The molecule has 0 spiro atoms. The van der Waals surface area contributed by atoms with Crippen LogP contribution in [0.3, 0.4) is 0 Å². The van der Waals surface area contributed by atoms with Crippen molar-refractivity contribution >= 4 is 15.9 Å². The van der Waals surface area contributed by atoms with Crippen molar-refractivity contribution in [3.8, 4) is 0 Å². The SMILES string of the molecule is C=C(C)C(=O)CCCS(=O)(=O)O.[H-].[K+]. The molecule has 0 aliphatic carbocycles. The Kier molecular flexibility index (Phi) is 9.17. The molecule has 0 aromatic carbocycles. The minimum absolute atomic E-state index is 0. The van der Waals surface area contributed by atoms with Gasteiger partial charge in [-0.05, 0) is 18.9 Å². The van der Waals surface area contributed by atoms with Crippen molar-refractivity contribution in [2.75, 3.05) is 5.75 Å². The molecule has 0 heterocycles. The van der Waals surface area contributed by atoms with Gasteiger partial charge in [0.05, 0.1) is 5.75 Å². The Labute approximate surface area is 122 Å². The van der Waals surface area contributed by atoms with Gasteiger partial charge in [-0.25, -0.2) is 0 Å². The fourth-order valence-corrected chi connectivity index (χ4v) is 1.14. The third-order valence-corrected chi connectivity index (χ3v) is 2.09. The average Bonchev–Trinajstić information content (AvgIpc) is 1.84. The topological polar surface area (TPSA) is 71.4 Å². The molecule has 13 heavy (non-hydrogen) atoms. The summed E-state index contributed by atoms with van der Waals surface area (Å²) in [5.41, 5.74) is 0.408. The molecule has 72 valence electrons. The number of carbonyl (C=O) groups excluding carboxylic acids is 1. The maximum absolute atomic E-state index is 10.9. The summed E-state index contributed by atoms with van der Waals surface area (Å²) in [6, 6.07) is 0. The molecular formula is C7H13KO4S. The van der Waals surface area contributed by atoms with E-state index in [1.54, 1.807) is 6.92 Å². The number of rotatable bonds is 5. The van der Waals surface area contributed by atoms with E-state index in [1.165, 1.54) is 0 Å². The first-order valence-electron chi connectivity index (χ1n) is 3.47. The van der Waals surface area contributed by atoms with E-state index in [9.17, 15) is 13.2 Å². The Hall–Kier alpha value is 0.956. The number of ketones is 1. The summed E-state index contributed by atoms with van der Waals surface area (Å²) in [4.78, 5) is 10.9. The predicted molar refractivity (Wildman–Crippen MR) is 46.6 cm³/mol. The number of hydrogen-bond donors (Lipinski definition) is 1. The summed E-state index contributed by atoms with van der Waals surface area (Å²) in [6.45, 7) is 4.97. The zero-order valence-electron chi connectivity index (χ0n) is 8.91. The second kappa shape index (κ2) is 7.27.